The number of alkyl halides is 1. The van der Waals surface area contributed by atoms with Gasteiger partial charge in [-0.3, -0.25) is 0 Å². The van der Waals surface area contributed by atoms with Gasteiger partial charge in [0, 0.05) is 5.56 Å². The van der Waals surface area contributed by atoms with Crippen molar-refractivity contribution in [3.8, 4) is 5.75 Å². The van der Waals surface area contributed by atoms with Crippen LogP contribution in [0.15, 0.2) is 24.3 Å². The first kappa shape index (κ1) is 13.2. The van der Waals surface area contributed by atoms with Crippen LogP contribution in [0.2, 0.25) is 0 Å². The maximum atomic E-state index is 12.3. The van der Waals surface area contributed by atoms with Crippen molar-refractivity contribution in [3.05, 3.63) is 29.8 Å². The second kappa shape index (κ2) is 6.62. The van der Waals surface area contributed by atoms with Crippen molar-refractivity contribution < 1.29 is 9.13 Å². The molecule has 1 atom stereocenters. The van der Waals surface area contributed by atoms with Crippen LogP contribution < -0.4 is 10.5 Å². The lowest BCUT2D eigenvalue weighted by molar-refractivity contribution is 0.329. The fraction of sp³-hybridized carbons (Fsp3) is 0.400. The molecule has 2 N–H and O–H groups in total. The van der Waals surface area contributed by atoms with Crippen molar-refractivity contribution >= 4 is 12.4 Å². The predicted octanol–water partition coefficient (Wildman–Crippen LogP) is 2.48. The number of nitrogens with two attached hydrogens (primary N) is 1. The van der Waals surface area contributed by atoms with E-state index in [4.69, 9.17) is 10.5 Å². The highest BCUT2D eigenvalue weighted by Crippen LogP contribution is 2.23. The van der Waals surface area contributed by atoms with Gasteiger partial charge in [-0.15, -0.1) is 12.4 Å². The van der Waals surface area contributed by atoms with E-state index >= 15 is 0 Å². The standard InChI is InChI=1S/C10H14FNO.ClH/c1-2-13-10-6-4-3-5-8(10)9(12)7-11;/h3-6,9H,2,7,12H2,1H3;1H/t9-;/m1./s1. The maximum absolute atomic E-state index is 12.3. The van der Waals surface area contributed by atoms with E-state index in [1.807, 2.05) is 19.1 Å². The second-order valence-electron chi connectivity index (χ2n) is 2.73. The number of ether oxygens (including phenoxy) is 1. The smallest absolute Gasteiger partial charge is 0.124 e. The quantitative estimate of drug-likeness (QED) is 0.845. The van der Waals surface area contributed by atoms with Gasteiger partial charge in [-0.1, -0.05) is 18.2 Å². The van der Waals surface area contributed by atoms with Crippen LogP contribution >= 0.6 is 12.4 Å². The number of halogens is 2. The summed E-state index contributed by atoms with van der Waals surface area (Å²) in [6, 6.07) is 6.68. The molecule has 1 aromatic carbocycles. The highest BCUT2D eigenvalue weighted by molar-refractivity contribution is 5.85. The van der Waals surface area contributed by atoms with Crippen LogP contribution in [0.4, 0.5) is 4.39 Å². The first-order valence-electron chi connectivity index (χ1n) is 4.32. The van der Waals surface area contributed by atoms with E-state index in [1.165, 1.54) is 0 Å². The van der Waals surface area contributed by atoms with Crippen molar-refractivity contribution in [1.82, 2.24) is 0 Å². The summed E-state index contributed by atoms with van der Waals surface area (Å²) in [4.78, 5) is 0. The van der Waals surface area contributed by atoms with Gasteiger partial charge in [0.1, 0.15) is 12.4 Å². The molecule has 0 aliphatic heterocycles. The molecule has 0 amide bonds. The second-order valence-corrected chi connectivity index (χ2v) is 2.73. The Bertz CT molecular complexity index is 270. The third kappa shape index (κ3) is 3.16. The summed E-state index contributed by atoms with van der Waals surface area (Å²) in [6.07, 6.45) is 0. The van der Waals surface area contributed by atoms with Gasteiger partial charge in [0.25, 0.3) is 0 Å². The lowest BCUT2D eigenvalue weighted by Gasteiger charge is -2.13. The molecule has 1 rings (SSSR count). The third-order valence-corrected chi connectivity index (χ3v) is 1.78. The van der Waals surface area contributed by atoms with E-state index in [0.29, 0.717) is 12.4 Å². The normalized spacial score (nSPS) is 11.6. The Hall–Kier alpha value is -0.800. The molecule has 0 unspecified atom stereocenters. The van der Waals surface area contributed by atoms with Gasteiger partial charge in [0.2, 0.25) is 0 Å². The SMILES string of the molecule is CCOc1ccccc1[C@H](N)CF.Cl. The van der Waals surface area contributed by atoms with Crippen LogP contribution in [-0.2, 0) is 0 Å². The van der Waals surface area contributed by atoms with Crippen LogP contribution in [-0.4, -0.2) is 13.3 Å². The van der Waals surface area contributed by atoms with Crippen molar-refractivity contribution in [1.29, 1.82) is 0 Å². The number of benzene rings is 1. The number of hydrogen-bond acceptors (Lipinski definition) is 2. The van der Waals surface area contributed by atoms with Gasteiger partial charge in [0.05, 0.1) is 12.6 Å². The molecule has 0 saturated carbocycles. The maximum Gasteiger partial charge on any atom is 0.124 e. The first-order valence-corrected chi connectivity index (χ1v) is 4.32. The van der Waals surface area contributed by atoms with Crippen molar-refractivity contribution in [2.45, 2.75) is 13.0 Å². The Morgan fingerprint density at radius 1 is 1.43 bits per heavy atom. The summed E-state index contributed by atoms with van der Waals surface area (Å²) in [5, 5.41) is 0. The topological polar surface area (TPSA) is 35.2 Å². The van der Waals surface area contributed by atoms with Crippen molar-refractivity contribution in [2.24, 2.45) is 5.73 Å². The third-order valence-electron chi connectivity index (χ3n) is 1.78. The summed E-state index contributed by atoms with van der Waals surface area (Å²) in [6.45, 7) is 1.89. The Kier molecular flexibility index (Phi) is 6.25. The molecule has 80 valence electrons. The van der Waals surface area contributed by atoms with Gasteiger partial charge < -0.3 is 10.5 Å². The van der Waals surface area contributed by atoms with E-state index in [0.717, 1.165) is 5.56 Å². The van der Waals surface area contributed by atoms with Crippen LogP contribution in [0, 0.1) is 0 Å². The molecule has 0 aliphatic rings. The molecular formula is C10H15ClFNO. The molecule has 4 heteroatoms. The summed E-state index contributed by atoms with van der Waals surface area (Å²) in [5.41, 5.74) is 6.30. The summed E-state index contributed by atoms with van der Waals surface area (Å²) in [7, 11) is 0. The fourth-order valence-electron chi connectivity index (χ4n) is 1.16. The summed E-state index contributed by atoms with van der Waals surface area (Å²) in [5.74, 6) is 0.676. The van der Waals surface area contributed by atoms with Gasteiger partial charge in [0.15, 0.2) is 0 Å². The van der Waals surface area contributed by atoms with E-state index in [-0.39, 0.29) is 12.4 Å². The van der Waals surface area contributed by atoms with Crippen LogP contribution in [0.5, 0.6) is 5.75 Å². The minimum absolute atomic E-state index is 0. The van der Waals surface area contributed by atoms with Crippen molar-refractivity contribution in [3.63, 3.8) is 0 Å². The Balaban J connectivity index is 0.00000169. The predicted molar refractivity (Wildman–Crippen MR) is 57.8 cm³/mol. The lowest BCUT2D eigenvalue weighted by Crippen LogP contribution is -2.13. The molecule has 0 aliphatic carbocycles. The Morgan fingerprint density at radius 2 is 2.07 bits per heavy atom. The minimum atomic E-state index is -0.581. The van der Waals surface area contributed by atoms with E-state index in [9.17, 15) is 4.39 Å². The van der Waals surface area contributed by atoms with Crippen LogP contribution in [0.3, 0.4) is 0 Å². The van der Waals surface area contributed by atoms with E-state index in [1.54, 1.807) is 12.1 Å². The summed E-state index contributed by atoms with van der Waals surface area (Å²) >= 11 is 0. The zero-order valence-electron chi connectivity index (χ0n) is 8.07. The largest absolute Gasteiger partial charge is 0.494 e. The van der Waals surface area contributed by atoms with E-state index < -0.39 is 12.7 Å². The molecule has 2 nitrogen and oxygen atoms in total. The monoisotopic (exact) mass is 219 g/mol. The molecule has 0 spiro atoms. The number of rotatable bonds is 4. The zero-order chi connectivity index (χ0) is 9.68. The van der Waals surface area contributed by atoms with Gasteiger partial charge in [-0.25, -0.2) is 4.39 Å². The van der Waals surface area contributed by atoms with E-state index in [2.05, 4.69) is 0 Å². The molecule has 0 saturated heterocycles. The van der Waals surface area contributed by atoms with Gasteiger partial charge >= 0.3 is 0 Å². The van der Waals surface area contributed by atoms with Crippen molar-refractivity contribution in [2.75, 3.05) is 13.3 Å². The molecule has 0 heterocycles. The lowest BCUT2D eigenvalue weighted by atomic mass is 10.1. The van der Waals surface area contributed by atoms with Gasteiger partial charge in [-0.2, -0.15) is 0 Å². The van der Waals surface area contributed by atoms with Crippen LogP contribution in [0.25, 0.3) is 0 Å². The summed E-state index contributed by atoms with van der Waals surface area (Å²) < 4.78 is 17.6. The Morgan fingerprint density at radius 3 is 2.64 bits per heavy atom. The number of hydrogen-bond donors (Lipinski definition) is 1. The first-order chi connectivity index (χ1) is 6.29. The molecule has 0 bridgehead atoms. The molecule has 0 radical (unpaired) electrons. The Labute approximate surface area is 89.7 Å². The fourth-order valence-corrected chi connectivity index (χ4v) is 1.16. The average Bonchev–Trinajstić information content (AvgIpc) is 2.18. The molecule has 0 fully saturated rings. The minimum Gasteiger partial charge on any atom is -0.494 e. The molecule has 1 aromatic rings. The molecule has 0 aromatic heterocycles. The molecular weight excluding hydrogens is 205 g/mol. The highest BCUT2D eigenvalue weighted by atomic mass is 35.5. The van der Waals surface area contributed by atoms with Gasteiger partial charge in [-0.05, 0) is 13.0 Å². The van der Waals surface area contributed by atoms with Crippen LogP contribution in [0.1, 0.15) is 18.5 Å². The zero-order valence-corrected chi connectivity index (χ0v) is 8.89. The molecule has 14 heavy (non-hydrogen) atoms. The average molecular weight is 220 g/mol. The number of para-hydroxylation sites is 1. The highest BCUT2D eigenvalue weighted by Gasteiger charge is 2.10.